The number of aliphatic hydroxyl groups is 1. The van der Waals surface area contributed by atoms with Crippen LogP contribution in [-0.4, -0.2) is 75.9 Å². The highest BCUT2D eigenvalue weighted by Crippen LogP contribution is 2.35. The molecule has 0 bridgehead atoms. The summed E-state index contributed by atoms with van der Waals surface area (Å²) in [6.07, 6.45) is 3.08. The molecular weight excluding hydrogens is 484 g/mol. The Morgan fingerprint density at radius 3 is 2.60 bits per heavy atom. The summed E-state index contributed by atoms with van der Waals surface area (Å²) in [7, 11) is -4.75. The zero-order valence-electron chi connectivity index (χ0n) is 18.4. The highest BCUT2D eigenvalue weighted by Gasteiger charge is 2.30. The van der Waals surface area contributed by atoms with Gasteiger partial charge in [0.15, 0.2) is 0 Å². The number of anilines is 2. The Kier molecular flexibility index (Phi) is 7.24. The molecule has 0 radical (unpaired) electrons. The van der Waals surface area contributed by atoms with Crippen molar-refractivity contribution in [2.75, 3.05) is 42.6 Å². The van der Waals surface area contributed by atoms with E-state index in [1.165, 1.54) is 23.5 Å². The molecule has 2 amide bonds. The third-order valence-electron chi connectivity index (χ3n) is 5.61. The third-order valence-corrected chi connectivity index (χ3v) is 6.07. The predicted octanol–water partition coefficient (Wildman–Crippen LogP) is 0.934. The normalized spacial score (nSPS) is 18.5. The number of benzene rings is 1. The molecule has 1 saturated heterocycles. The molecule has 1 atom stereocenters. The fraction of sp³-hybridized carbons (Fsp3) is 0.333. The highest BCUT2D eigenvalue weighted by atomic mass is 31.2. The van der Waals surface area contributed by atoms with E-state index in [1.807, 2.05) is 0 Å². The van der Waals surface area contributed by atoms with E-state index in [2.05, 4.69) is 14.6 Å². The van der Waals surface area contributed by atoms with Crippen molar-refractivity contribution in [2.24, 2.45) is 11.0 Å². The predicted molar refractivity (Wildman–Crippen MR) is 123 cm³/mol. The average Bonchev–Trinajstić information content (AvgIpc) is 3.23. The van der Waals surface area contributed by atoms with Gasteiger partial charge in [-0.25, -0.2) is 18.9 Å². The number of phosphoric acid groups is 1. The Hall–Kier alpha value is -3.22. The lowest BCUT2D eigenvalue weighted by Crippen LogP contribution is -2.42. The first-order valence-electron chi connectivity index (χ1n) is 10.6. The topological polar surface area (TPSA) is 156 Å². The van der Waals surface area contributed by atoms with E-state index in [0.29, 0.717) is 35.7 Å². The standard InChI is InChI=1S/C21H23FN5O7P/c22-18-8-16(26-10-14(11-28)7-20(26)29)2-3-17(18)15-1-4-19(23-9-15)25-5-6-27(24-13-25)21(30)12-34-35(31,32)33/h1-4,8-9,13-14,28H,5-7,10-12H2,(H2,31,32,33)/t14-/m1/s1. The Morgan fingerprint density at radius 2 is 2.03 bits per heavy atom. The van der Waals surface area contributed by atoms with E-state index in [0.717, 1.165) is 5.01 Å². The maximum Gasteiger partial charge on any atom is 0.470 e. The number of pyridine rings is 1. The molecule has 0 aliphatic carbocycles. The van der Waals surface area contributed by atoms with Crippen molar-refractivity contribution >= 4 is 37.5 Å². The second-order valence-corrected chi connectivity index (χ2v) is 9.27. The molecule has 4 rings (SSSR count). The minimum Gasteiger partial charge on any atom is -0.396 e. The summed E-state index contributed by atoms with van der Waals surface area (Å²) in [6.45, 7) is -0.0821. The second kappa shape index (κ2) is 10.2. The van der Waals surface area contributed by atoms with Crippen LogP contribution in [0.3, 0.4) is 0 Å². The highest BCUT2D eigenvalue weighted by molar-refractivity contribution is 7.46. The van der Waals surface area contributed by atoms with Gasteiger partial charge in [-0.3, -0.25) is 14.1 Å². The number of carbonyl (C=O) groups excluding carboxylic acids is 2. The Bertz CT molecular complexity index is 1190. The monoisotopic (exact) mass is 507 g/mol. The Morgan fingerprint density at radius 1 is 1.23 bits per heavy atom. The number of hydrogen-bond acceptors (Lipinski definition) is 8. The number of phosphoric ester groups is 1. The number of hydrogen-bond donors (Lipinski definition) is 3. The van der Waals surface area contributed by atoms with Crippen molar-refractivity contribution in [3.05, 3.63) is 42.3 Å². The first-order valence-corrected chi connectivity index (χ1v) is 12.2. The summed E-state index contributed by atoms with van der Waals surface area (Å²) in [5.74, 6) is -1.01. The molecule has 0 saturated carbocycles. The van der Waals surface area contributed by atoms with E-state index in [1.54, 1.807) is 29.2 Å². The van der Waals surface area contributed by atoms with Gasteiger partial charge in [0, 0.05) is 55.0 Å². The van der Waals surface area contributed by atoms with Gasteiger partial charge in [-0.05, 0) is 30.3 Å². The van der Waals surface area contributed by atoms with E-state index < -0.39 is 26.2 Å². The number of carbonyl (C=O) groups is 2. The van der Waals surface area contributed by atoms with Crippen LogP contribution in [0.2, 0.25) is 0 Å². The maximum atomic E-state index is 14.9. The molecule has 2 aliphatic rings. The van der Waals surface area contributed by atoms with Crippen LogP contribution in [0.15, 0.2) is 41.6 Å². The number of aromatic nitrogens is 1. The molecule has 1 aromatic heterocycles. The quantitative estimate of drug-likeness (QED) is 0.464. The van der Waals surface area contributed by atoms with E-state index >= 15 is 0 Å². The van der Waals surface area contributed by atoms with Crippen LogP contribution in [0.1, 0.15) is 6.42 Å². The minimum absolute atomic E-state index is 0.0953. The van der Waals surface area contributed by atoms with Gasteiger partial charge in [-0.1, -0.05) is 0 Å². The van der Waals surface area contributed by atoms with Gasteiger partial charge in [0.25, 0.3) is 5.91 Å². The number of rotatable bonds is 7. The summed E-state index contributed by atoms with van der Waals surface area (Å²) in [5, 5.41) is 14.3. The van der Waals surface area contributed by atoms with E-state index in [4.69, 9.17) is 9.79 Å². The number of nitrogens with zero attached hydrogens (tertiary/aromatic N) is 5. The summed E-state index contributed by atoms with van der Waals surface area (Å²) >= 11 is 0. The van der Waals surface area contributed by atoms with Gasteiger partial charge in [0.05, 0.1) is 6.54 Å². The van der Waals surface area contributed by atoms with Gasteiger partial charge in [-0.2, -0.15) is 5.10 Å². The van der Waals surface area contributed by atoms with Crippen molar-refractivity contribution in [2.45, 2.75) is 6.42 Å². The summed E-state index contributed by atoms with van der Waals surface area (Å²) in [4.78, 5) is 48.9. The zero-order valence-corrected chi connectivity index (χ0v) is 19.3. The smallest absolute Gasteiger partial charge is 0.396 e. The molecule has 3 heterocycles. The van der Waals surface area contributed by atoms with Crippen molar-refractivity contribution in [1.29, 1.82) is 0 Å². The molecule has 0 unspecified atom stereocenters. The average molecular weight is 507 g/mol. The lowest BCUT2D eigenvalue weighted by atomic mass is 10.1. The molecule has 0 spiro atoms. The molecular formula is C21H23FN5O7P. The van der Waals surface area contributed by atoms with E-state index in [-0.39, 0.29) is 31.4 Å². The van der Waals surface area contributed by atoms with Gasteiger partial charge in [0.1, 0.15) is 24.6 Å². The molecule has 3 N–H and O–H groups in total. The number of hydrazone groups is 1. The molecule has 2 aliphatic heterocycles. The summed E-state index contributed by atoms with van der Waals surface area (Å²) in [5.41, 5.74) is 1.28. The summed E-state index contributed by atoms with van der Waals surface area (Å²) in [6, 6.07) is 7.87. The summed E-state index contributed by atoms with van der Waals surface area (Å²) < 4.78 is 29.8. The van der Waals surface area contributed by atoms with Gasteiger partial charge in [-0.15, -0.1) is 0 Å². The van der Waals surface area contributed by atoms with Gasteiger partial charge < -0.3 is 24.7 Å². The van der Waals surface area contributed by atoms with Crippen LogP contribution in [0.4, 0.5) is 15.9 Å². The van der Waals surface area contributed by atoms with Crippen LogP contribution in [-0.2, 0) is 18.7 Å². The van der Waals surface area contributed by atoms with Crippen molar-refractivity contribution in [3.8, 4) is 11.1 Å². The van der Waals surface area contributed by atoms with Crippen molar-refractivity contribution < 1.29 is 38.0 Å². The molecule has 1 aromatic carbocycles. The second-order valence-electron chi connectivity index (χ2n) is 8.03. The lowest BCUT2D eigenvalue weighted by molar-refractivity contribution is -0.134. The van der Waals surface area contributed by atoms with Crippen LogP contribution in [0.25, 0.3) is 11.1 Å². The lowest BCUT2D eigenvalue weighted by Gasteiger charge is -2.28. The SMILES string of the molecule is O=C(COP(=O)(O)O)N1CCN(c2ccc(-c3ccc(N4C[C@H](CO)CC4=O)cc3F)cn2)C=N1. The third kappa shape index (κ3) is 5.89. The van der Waals surface area contributed by atoms with Gasteiger partial charge in [0.2, 0.25) is 5.91 Å². The fourth-order valence-corrected chi connectivity index (χ4v) is 4.07. The Balaban J connectivity index is 1.41. The molecule has 35 heavy (non-hydrogen) atoms. The number of halogens is 1. The number of amides is 2. The number of aliphatic hydroxyl groups excluding tert-OH is 1. The fourth-order valence-electron chi connectivity index (χ4n) is 3.79. The van der Waals surface area contributed by atoms with E-state index in [9.17, 15) is 23.7 Å². The first kappa shape index (κ1) is 24.9. The van der Waals surface area contributed by atoms with Crippen LogP contribution < -0.4 is 9.80 Å². The van der Waals surface area contributed by atoms with Crippen LogP contribution >= 0.6 is 7.82 Å². The van der Waals surface area contributed by atoms with Crippen LogP contribution in [0.5, 0.6) is 0 Å². The maximum absolute atomic E-state index is 14.9. The molecule has 12 nitrogen and oxygen atoms in total. The zero-order chi connectivity index (χ0) is 25.2. The minimum atomic E-state index is -4.75. The molecule has 186 valence electrons. The van der Waals surface area contributed by atoms with Crippen LogP contribution in [0, 0.1) is 11.7 Å². The van der Waals surface area contributed by atoms with Gasteiger partial charge >= 0.3 is 7.82 Å². The molecule has 2 aromatic rings. The van der Waals surface area contributed by atoms with Crippen molar-refractivity contribution in [3.63, 3.8) is 0 Å². The first-order chi connectivity index (χ1) is 16.6. The largest absolute Gasteiger partial charge is 0.470 e. The van der Waals surface area contributed by atoms with Crippen molar-refractivity contribution in [1.82, 2.24) is 9.99 Å². The molecule has 1 fully saturated rings. The Labute approximate surface area is 199 Å². The molecule has 14 heteroatoms.